The summed E-state index contributed by atoms with van der Waals surface area (Å²) in [5, 5.41) is 19.1. The average Bonchev–Trinajstić information content (AvgIpc) is 2.86. The van der Waals surface area contributed by atoms with Gasteiger partial charge in [0.25, 0.3) is 0 Å². The SMILES string of the molecule is COC(=O)C1C(=N)c2ccccc2C1(C#N)c1ccc(Cl)c(Cl)c1. The van der Waals surface area contributed by atoms with Crippen LogP contribution in [-0.4, -0.2) is 18.8 Å². The Morgan fingerprint density at radius 3 is 2.58 bits per heavy atom. The van der Waals surface area contributed by atoms with Gasteiger partial charge in [0.15, 0.2) is 0 Å². The van der Waals surface area contributed by atoms with Crippen molar-refractivity contribution in [3.63, 3.8) is 0 Å². The number of carbonyl (C=O) groups is 1. The standard InChI is InChI=1S/C18H12Cl2N2O2/c1-24-17(23)15-16(22)11-4-2-3-5-12(11)18(15,9-21)10-6-7-13(19)14(20)8-10/h2-8,15,22H,1H3. The quantitative estimate of drug-likeness (QED) is 0.825. The van der Waals surface area contributed by atoms with Crippen LogP contribution in [0, 0.1) is 22.7 Å². The molecular weight excluding hydrogens is 347 g/mol. The van der Waals surface area contributed by atoms with E-state index < -0.39 is 17.3 Å². The molecule has 0 bridgehead atoms. The van der Waals surface area contributed by atoms with E-state index in [1.165, 1.54) is 7.11 Å². The maximum Gasteiger partial charge on any atom is 0.317 e. The Labute approximate surface area is 149 Å². The first kappa shape index (κ1) is 16.5. The highest BCUT2D eigenvalue weighted by atomic mass is 35.5. The first-order valence-electron chi connectivity index (χ1n) is 7.10. The van der Waals surface area contributed by atoms with Gasteiger partial charge >= 0.3 is 5.97 Å². The average molecular weight is 359 g/mol. The molecule has 120 valence electrons. The summed E-state index contributed by atoms with van der Waals surface area (Å²) in [7, 11) is 1.25. The highest BCUT2D eigenvalue weighted by molar-refractivity contribution is 6.42. The molecule has 0 fully saturated rings. The van der Waals surface area contributed by atoms with E-state index in [0.29, 0.717) is 21.7 Å². The third-order valence-electron chi connectivity index (χ3n) is 4.35. The fourth-order valence-electron chi connectivity index (χ4n) is 3.25. The highest BCUT2D eigenvalue weighted by Gasteiger charge is 2.56. The summed E-state index contributed by atoms with van der Waals surface area (Å²) >= 11 is 12.1. The monoisotopic (exact) mass is 358 g/mol. The van der Waals surface area contributed by atoms with E-state index in [4.69, 9.17) is 33.3 Å². The molecule has 0 aromatic heterocycles. The fraction of sp³-hybridized carbons (Fsp3) is 0.167. The molecular formula is C18H12Cl2N2O2. The number of fused-ring (bicyclic) bond motifs is 1. The smallest absolute Gasteiger partial charge is 0.317 e. The summed E-state index contributed by atoms with van der Waals surface area (Å²) in [4.78, 5) is 12.4. The van der Waals surface area contributed by atoms with E-state index in [2.05, 4.69) is 6.07 Å². The number of benzene rings is 2. The lowest BCUT2D eigenvalue weighted by Crippen LogP contribution is -2.39. The van der Waals surface area contributed by atoms with Crippen LogP contribution in [0.2, 0.25) is 10.0 Å². The molecule has 0 amide bonds. The van der Waals surface area contributed by atoms with Gasteiger partial charge in [0.05, 0.1) is 28.9 Å². The first-order valence-corrected chi connectivity index (χ1v) is 7.86. The van der Waals surface area contributed by atoms with Gasteiger partial charge in [-0.1, -0.05) is 53.5 Å². The van der Waals surface area contributed by atoms with Gasteiger partial charge in [0.2, 0.25) is 0 Å². The summed E-state index contributed by atoms with van der Waals surface area (Å²) in [5.41, 5.74) is 0.330. The number of esters is 1. The minimum atomic E-state index is -1.38. The molecule has 2 unspecified atom stereocenters. The molecule has 1 aliphatic carbocycles. The summed E-state index contributed by atoms with van der Waals surface area (Å²) in [6, 6.07) is 14.1. The van der Waals surface area contributed by atoms with Crippen molar-refractivity contribution >= 4 is 34.9 Å². The lowest BCUT2D eigenvalue weighted by Gasteiger charge is -2.28. The number of nitrogens with zero attached hydrogens (tertiary/aromatic N) is 1. The van der Waals surface area contributed by atoms with E-state index >= 15 is 0 Å². The molecule has 0 saturated heterocycles. The second kappa shape index (κ2) is 5.94. The van der Waals surface area contributed by atoms with Crippen LogP contribution in [0.4, 0.5) is 0 Å². The van der Waals surface area contributed by atoms with Gasteiger partial charge in [-0.2, -0.15) is 5.26 Å². The third-order valence-corrected chi connectivity index (χ3v) is 5.09. The lowest BCUT2D eigenvalue weighted by molar-refractivity contribution is -0.143. The molecule has 0 heterocycles. The molecule has 2 atom stereocenters. The maximum atomic E-state index is 12.4. The van der Waals surface area contributed by atoms with E-state index in [-0.39, 0.29) is 10.7 Å². The van der Waals surface area contributed by atoms with Gasteiger partial charge in [-0.3, -0.25) is 4.79 Å². The number of methoxy groups -OCH3 is 1. The van der Waals surface area contributed by atoms with Crippen molar-refractivity contribution < 1.29 is 9.53 Å². The van der Waals surface area contributed by atoms with Crippen LogP contribution < -0.4 is 0 Å². The van der Waals surface area contributed by atoms with Crippen molar-refractivity contribution in [1.82, 2.24) is 0 Å². The normalized spacial score (nSPS) is 21.9. The Morgan fingerprint density at radius 2 is 1.96 bits per heavy atom. The molecule has 0 aliphatic heterocycles. The Kier molecular flexibility index (Phi) is 4.08. The van der Waals surface area contributed by atoms with Gasteiger partial charge in [0.1, 0.15) is 11.3 Å². The predicted molar refractivity (Wildman–Crippen MR) is 91.6 cm³/mol. The lowest BCUT2D eigenvalue weighted by atomic mass is 9.70. The largest absolute Gasteiger partial charge is 0.468 e. The second-order valence-electron chi connectivity index (χ2n) is 5.46. The van der Waals surface area contributed by atoms with Gasteiger partial charge in [-0.05, 0) is 23.3 Å². The number of hydrogen-bond acceptors (Lipinski definition) is 4. The Bertz CT molecular complexity index is 904. The van der Waals surface area contributed by atoms with Gasteiger partial charge in [-0.25, -0.2) is 0 Å². The van der Waals surface area contributed by atoms with E-state index in [9.17, 15) is 10.1 Å². The molecule has 4 nitrogen and oxygen atoms in total. The van der Waals surface area contributed by atoms with E-state index in [1.807, 2.05) is 0 Å². The van der Waals surface area contributed by atoms with E-state index in [1.54, 1.807) is 42.5 Å². The molecule has 2 aromatic carbocycles. The molecule has 0 spiro atoms. The minimum Gasteiger partial charge on any atom is -0.468 e. The zero-order valence-corrected chi connectivity index (χ0v) is 14.2. The Morgan fingerprint density at radius 1 is 1.25 bits per heavy atom. The Balaban J connectivity index is 2.37. The summed E-state index contributed by atoms with van der Waals surface area (Å²) in [6.07, 6.45) is 0. The molecule has 3 rings (SSSR count). The maximum absolute atomic E-state index is 12.4. The number of carbonyl (C=O) groups excluding carboxylic acids is 1. The number of nitrogens with one attached hydrogen (secondary N) is 1. The summed E-state index contributed by atoms with van der Waals surface area (Å²) in [6.45, 7) is 0. The molecule has 6 heteroatoms. The number of halogens is 2. The molecule has 1 N–H and O–H groups in total. The van der Waals surface area contributed by atoms with Crippen LogP contribution in [0.3, 0.4) is 0 Å². The number of ether oxygens (including phenoxy) is 1. The zero-order valence-electron chi connectivity index (χ0n) is 12.6. The number of nitriles is 1. The molecule has 0 saturated carbocycles. The first-order chi connectivity index (χ1) is 11.5. The predicted octanol–water partition coefficient (Wildman–Crippen LogP) is 3.97. The fourth-order valence-corrected chi connectivity index (χ4v) is 3.55. The van der Waals surface area contributed by atoms with Gasteiger partial charge in [-0.15, -0.1) is 0 Å². The number of hydrogen-bond donors (Lipinski definition) is 1. The van der Waals surface area contributed by atoms with Crippen LogP contribution in [0.15, 0.2) is 42.5 Å². The van der Waals surface area contributed by atoms with Crippen LogP contribution in [0.5, 0.6) is 0 Å². The van der Waals surface area contributed by atoms with Crippen LogP contribution in [0.1, 0.15) is 16.7 Å². The third kappa shape index (κ3) is 2.13. The topological polar surface area (TPSA) is 73.9 Å². The van der Waals surface area contributed by atoms with Crippen LogP contribution in [0.25, 0.3) is 0 Å². The summed E-state index contributed by atoms with van der Waals surface area (Å²) in [5.74, 6) is -1.70. The van der Waals surface area contributed by atoms with Crippen molar-refractivity contribution in [2.45, 2.75) is 5.41 Å². The number of rotatable bonds is 2. The van der Waals surface area contributed by atoms with Crippen molar-refractivity contribution in [3.8, 4) is 6.07 Å². The van der Waals surface area contributed by atoms with Crippen molar-refractivity contribution in [2.75, 3.05) is 7.11 Å². The van der Waals surface area contributed by atoms with Crippen molar-refractivity contribution in [3.05, 3.63) is 69.2 Å². The zero-order chi connectivity index (χ0) is 17.5. The molecule has 0 radical (unpaired) electrons. The minimum absolute atomic E-state index is 0.0603. The second-order valence-corrected chi connectivity index (χ2v) is 6.28. The van der Waals surface area contributed by atoms with Crippen LogP contribution in [-0.2, 0) is 14.9 Å². The van der Waals surface area contributed by atoms with Crippen molar-refractivity contribution in [1.29, 1.82) is 10.7 Å². The highest BCUT2D eigenvalue weighted by Crippen LogP contribution is 2.49. The van der Waals surface area contributed by atoms with Crippen molar-refractivity contribution in [2.24, 2.45) is 5.92 Å². The summed E-state index contributed by atoms with van der Waals surface area (Å²) < 4.78 is 4.88. The molecule has 24 heavy (non-hydrogen) atoms. The Hall–Kier alpha value is -2.35. The molecule has 1 aliphatic rings. The van der Waals surface area contributed by atoms with Crippen LogP contribution >= 0.6 is 23.2 Å². The van der Waals surface area contributed by atoms with E-state index in [0.717, 1.165) is 0 Å². The van der Waals surface area contributed by atoms with Gasteiger partial charge < -0.3 is 10.1 Å². The molecule has 2 aromatic rings. The van der Waals surface area contributed by atoms with Gasteiger partial charge in [0, 0.05) is 5.56 Å².